The molecule has 0 aliphatic rings. The minimum atomic E-state index is -0.298. The Morgan fingerprint density at radius 2 is 1.86 bits per heavy atom. The fraction of sp³-hybridized carbons (Fsp3) is 0.0500. The Kier molecular flexibility index (Phi) is 4.59. The van der Waals surface area contributed by atoms with Crippen molar-refractivity contribution in [2.45, 2.75) is 0 Å². The summed E-state index contributed by atoms with van der Waals surface area (Å²) in [5.74, 6) is 1.01. The van der Waals surface area contributed by atoms with Crippen LogP contribution in [0.5, 0.6) is 11.5 Å². The van der Waals surface area contributed by atoms with E-state index < -0.39 is 0 Å². The second-order valence-electron chi connectivity index (χ2n) is 5.95. The van der Waals surface area contributed by atoms with E-state index in [2.05, 4.69) is 25.6 Å². The van der Waals surface area contributed by atoms with Crippen molar-refractivity contribution in [1.29, 1.82) is 0 Å². The van der Waals surface area contributed by atoms with Gasteiger partial charge in [0, 0.05) is 31.1 Å². The number of aromatic nitrogens is 3. The molecule has 2 aromatic carbocycles. The van der Waals surface area contributed by atoms with Crippen molar-refractivity contribution in [3.05, 3.63) is 72.3 Å². The van der Waals surface area contributed by atoms with Gasteiger partial charge in [-0.1, -0.05) is 0 Å². The van der Waals surface area contributed by atoms with Crippen molar-refractivity contribution in [3.63, 3.8) is 0 Å². The van der Waals surface area contributed by atoms with Crippen LogP contribution in [0.25, 0.3) is 11.0 Å². The van der Waals surface area contributed by atoms with Gasteiger partial charge in [0.15, 0.2) is 0 Å². The van der Waals surface area contributed by atoms with Gasteiger partial charge in [0.25, 0.3) is 5.91 Å². The Morgan fingerprint density at radius 1 is 1.07 bits per heavy atom. The van der Waals surface area contributed by atoms with Gasteiger partial charge in [0.05, 0.1) is 11.0 Å². The molecule has 0 spiro atoms. The van der Waals surface area contributed by atoms with Crippen molar-refractivity contribution in [3.8, 4) is 11.5 Å². The monoisotopic (exact) mass is 377 g/mol. The highest BCUT2D eigenvalue weighted by molar-refractivity contribution is 5.92. The smallest absolute Gasteiger partial charge is 0.269 e. The first-order valence-corrected chi connectivity index (χ1v) is 8.49. The number of amides is 1. The number of anilines is 2. The summed E-state index contributed by atoms with van der Waals surface area (Å²) in [5, 5.41) is 5.61. The number of nitrogens with one attached hydrogen (secondary N) is 3. The number of hydrogen-bond acceptors (Lipinski definition) is 5. The Balaban J connectivity index is 1.55. The molecular formula is C20H16FN5O2. The minimum Gasteiger partial charge on any atom is -0.457 e. The molecule has 0 atom stereocenters. The minimum absolute atomic E-state index is 0.270. The maximum absolute atomic E-state index is 13.0. The molecule has 4 rings (SSSR count). The number of imidazole rings is 1. The largest absolute Gasteiger partial charge is 0.457 e. The molecular weight excluding hydrogens is 361 g/mol. The van der Waals surface area contributed by atoms with Crippen LogP contribution in [0.1, 0.15) is 10.5 Å². The number of halogens is 1. The summed E-state index contributed by atoms with van der Waals surface area (Å²) in [6, 6.07) is 14.7. The van der Waals surface area contributed by atoms with Crippen LogP contribution in [0.3, 0.4) is 0 Å². The lowest BCUT2D eigenvalue weighted by Gasteiger charge is -2.06. The molecule has 7 nitrogen and oxygen atoms in total. The number of rotatable bonds is 5. The second kappa shape index (κ2) is 7.36. The Hall–Kier alpha value is -3.94. The van der Waals surface area contributed by atoms with Crippen LogP contribution in [-0.4, -0.2) is 27.9 Å². The van der Waals surface area contributed by atoms with Crippen molar-refractivity contribution in [2.75, 3.05) is 12.4 Å². The van der Waals surface area contributed by atoms with Gasteiger partial charge in [-0.25, -0.2) is 9.37 Å². The Labute approximate surface area is 159 Å². The van der Waals surface area contributed by atoms with Crippen LogP contribution < -0.4 is 15.4 Å². The summed E-state index contributed by atoms with van der Waals surface area (Å²) in [6.45, 7) is 0. The zero-order chi connectivity index (χ0) is 19.5. The van der Waals surface area contributed by atoms with E-state index in [9.17, 15) is 9.18 Å². The molecule has 3 N–H and O–H groups in total. The molecule has 2 heterocycles. The molecule has 0 saturated heterocycles. The number of aromatic amines is 1. The third-order valence-corrected chi connectivity index (χ3v) is 3.99. The predicted octanol–water partition coefficient (Wildman–Crippen LogP) is 3.99. The van der Waals surface area contributed by atoms with E-state index in [-0.39, 0.29) is 17.4 Å². The molecule has 2 aromatic heterocycles. The normalized spacial score (nSPS) is 10.6. The first-order valence-electron chi connectivity index (χ1n) is 8.49. The highest BCUT2D eigenvalue weighted by Gasteiger charge is 2.09. The van der Waals surface area contributed by atoms with Crippen LogP contribution in [-0.2, 0) is 0 Å². The van der Waals surface area contributed by atoms with Crippen LogP contribution >= 0.6 is 0 Å². The van der Waals surface area contributed by atoms with Gasteiger partial charge in [0.1, 0.15) is 23.0 Å². The summed E-state index contributed by atoms with van der Waals surface area (Å²) in [6.07, 6.45) is 1.51. The molecule has 0 bridgehead atoms. The van der Waals surface area contributed by atoms with E-state index in [1.807, 2.05) is 6.07 Å². The standard InChI is InChI=1S/C20H16FN5O2/c1-22-19(27)18-11-15(8-9-23-18)28-14-6-7-16-17(10-14)26-20(25-16)24-13-4-2-12(21)3-5-13/h2-11H,1H3,(H,22,27)(H2,24,25,26). The van der Waals surface area contributed by atoms with Crippen molar-refractivity contribution in [1.82, 2.24) is 20.3 Å². The summed E-state index contributed by atoms with van der Waals surface area (Å²) >= 11 is 0. The maximum atomic E-state index is 13.0. The second-order valence-corrected chi connectivity index (χ2v) is 5.95. The molecule has 8 heteroatoms. The van der Waals surface area contributed by atoms with Gasteiger partial charge in [-0.15, -0.1) is 0 Å². The molecule has 0 aliphatic heterocycles. The number of benzene rings is 2. The molecule has 0 aliphatic carbocycles. The van der Waals surface area contributed by atoms with Crippen LogP contribution in [0, 0.1) is 5.82 Å². The number of fused-ring (bicyclic) bond motifs is 1. The third-order valence-electron chi connectivity index (χ3n) is 3.99. The van der Waals surface area contributed by atoms with Gasteiger partial charge in [-0.2, -0.15) is 0 Å². The molecule has 0 radical (unpaired) electrons. The summed E-state index contributed by atoms with van der Waals surface area (Å²) in [7, 11) is 1.54. The lowest BCUT2D eigenvalue weighted by atomic mass is 10.3. The number of carbonyl (C=O) groups excluding carboxylic acids is 1. The summed E-state index contributed by atoms with van der Waals surface area (Å²) in [4.78, 5) is 23.3. The number of ether oxygens (including phenoxy) is 1. The number of H-pyrrole nitrogens is 1. The first-order chi connectivity index (χ1) is 13.6. The van der Waals surface area contributed by atoms with Crippen LogP contribution in [0.15, 0.2) is 60.8 Å². The average Bonchev–Trinajstić information content (AvgIpc) is 3.11. The molecule has 28 heavy (non-hydrogen) atoms. The van der Waals surface area contributed by atoms with E-state index >= 15 is 0 Å². The molecule has 0 unspecified atom stereocenters. The first kappa shape index (κ1) is 17.5. The predicted molar refractivity (Wildman–Crippen MR) is 103 cm³/mol. The van der Waals surface area contributed by atoms with Crippen LogP contribution in [0.4, 0.5) is 16.0 Å². The molecule has 1 amide bonds. The molecule has 0 fully saturated rings. The lowest BCUT2D eigenvalue weighted by Crippen LogP contribution is -2.18. The van der Waals surface area contributed by atoms with Crippen molar-refractivity contribution >= 4 is 28.6 Å². The van der Waals surface area contributed by atoms with Gasteiger partial charge in [0.2, 0.25) is 5.95 Å². The van der Waals surface area contributed by atoms with E-state index in [0.29, 0.717) is 23.0 Å². The summed E-state index contributed by atoms with van der Waals surface area (Å²) < 4.78 is 18.8. The maximum Gasteiger partial charge on any atom is 0.269 e. The van der Waals surface area contributed by atoms with Crippen molar-refractivity contribution < 1.29 is 13.9 Å². The van der Waals surface area contributed by atoms with E-state index in [1.165, 1.54) is 18.3 Å². The Bertz CT molecular complexity index is 1140. The SMILES string of the molecule is CNC(=O)c1cc(Oc2ccc3[nH]c(Nc4ccc(F)cc4)nc3c2)ccn1. The van der Waals surface area contributed by atoms with Gasteiger partial charge in [-0.05, 0) is 42.5 Å². The zero-order valence-corrected chi connectivity index (χ0v) is 14.9. The lowest BCUT2D eigenvalue weighted by molar-refractivity contribution is 0.0958. The highest BCUT2D eigenvalue weighted by Crippen LogP contribution is 2.26. The molecule has 0 saturated carbocycles. The topological polar surface area (TPSA) is 91.9 Å². The summed E-state index contributed by atoms with van der Waals surface area (Å²) in [5.41, 5.74) is 2.50. The number of hydrogen-bond donors (Lipinski definition) is 3. The fourth-order valence-corrected chi connectivity index (χ4v) is 2.64. The number of nitrogens with zero attached hydrogens (tertiary/aromatic N) is 2. The number of pyridine rings is 1. The Morgan fingerprint density at radius 3 is 2.64 bits per heavy atom. The average molecular weight is 377 g/mol. The van der Waals surface area contributed by atoms with Crippen LogP contribution in [0.2, 0.25) is 0 Å². The zero-order valence-electron chi connectivity index (χ0n) is 14.9. The fourth-order valence-electron chi connectivity index (χ4n) is 2.64. The van der Waals surface area contributed by atoms with E-state index in [1.54, 1.807) is 43.4 Å². The molecule has 4 aromatic rings. The molecule has 140 valence electrons. The van der Waals surface area contributed by atoms with E-state index in [4.69, 9.17) is 4.74 Å². The van der Waals surface area contributed by atoms with Gasteiger partial charge < -0.3 is 20.4 Å². The quantitative estimate of drug-likeness (QED) is 0.489. The van der Waals surface area contributed by atoms with Gasteiger partial charge >= 0.3 is 0 Å². The van der Waals surface area contributed by atoms with Crippen molar-refractivity contribution in [2.24, 2.45) is 0 Å². The number of carbonyl (C=O) groups is 1. The highest BCUT2D eigenvalue weighted by atomic mass is 19.1. The van der Waals surface area contributed by atoms with Gasteiger partial charge in [-0.3, -0.25) is 9.78 Å². The van der Waals surface area contributed by atoms with E-state index in [0.717, 1.165) is 11.2 Å². The third kappa shape index (κ3) is 3.75.